The summed E-state index contributed by atoms with van der Waals surface area (Å²) in [6.07, 6.45) is 0.805. The Morgan fingerprint density at radius 1 is 1.50 bits per heavy atom. The van der Waals surface area contributed by atoms with Crippen molar-refractivity contribution in [3.8, 4) is 0 Å². The maximum atomic E-state index is 13.0. The van der Waals surface area contributed by atoms with Crippen LogP contribution in [0.4, 0.5) is 10.1 Å². The quantitative estimate of drug-likeness (QED) is 0.870. The van der Waals surface area contributed by atoms with E-state index in [0.717, 1.165) is 18.4 Å². The van der Waals surface area contributed by atoms with E-state index in [0.29, 0.717) is 0 Å². The Labute approximate surface area is 95.9 Å². The normalized spacial score (nSPS) is 11.2. The first-order valence-electron chi connectivity index (χ1n) is 3.91. The van der Waals surface area contributed by atoms with Crippen molar-refractivity contribution in [2.24, 2.45) is 0 Å². The molecule has 8 heteroatoms. The van der Waals surface area contributed by atoms with E-state index in [9.17, 15) is 17.6 Å². The molecule has 0 aromatic heterocycles. The van der Waals surface area contributed by atoms with E-state index in [1.165, 1.54) is 0 Å². The lowest BCUT2D eigenvalue weighted by atomic mass is 10.2. The molecule has 0 spiro atoms. The van der Waals surface area contributed by atoms with Crippen molar-refractivity contribution < 1.29 is 22.7 Å². The molecule has 0 aliphatic rings. The first-order chi connectivity index (χ1) is 7.22. The number of nitrogens with one attached hydrogen (secondary N) is 1. The Morgan fingerprint density at radius 3 is 2.50 bits per heavy atom. The van der Waals surface area contributed by atoms with Crippen LogP contribution >= 0.6 is 11.6 Å². The number of halogens is 2. The van der Waals surface area contributed by atoms with Gasteiger partial charge in [-0.2, -0.15) is 0 Å². The second kappa shape index (κ2) is 4.26. The summed E-state index contributed by atoms with van der Waals surface area (Å²) in [4.78, 5) is 10.8. The number of carbonyl (C=O) groups is 1. The summed E-state index contributed by atoms with van der Waals surface area (Å²) in [6, 6.07) is 1.77. The first-order valence-corrected chi connectivity index (χ1v) is 6.18. The SMILES string of the molecule is CS(=O)(=O)Nc1c(C(=O)O)ccc(F)c1Cl. The molecule has 0 heterocycles. The van der Waals surface area contributed by atoms with Crippen LogP contribution in [-0.4, -0.2) is 25.7 Å². The summed E-state index contributed by atoms with van der Waals surface area (Å²) in [7, 11) is -3.74. The van der Waals surface area contributed by atoms with Crippen molar-refractivity contribution in [2.45, 2.75) is 0 Å². The zero-order valence-corrected chi connectivity index (χ0v) is 9.56. The second-order valence-corrected chi connectivity index (χ2v) is 5.09. The largest absolute Gasteiger partial charge is 0.478 e. The van der Waals surface area contributed by atoms with E-state index in [1.807, 2.05) is 4.72 Å². The molecule has 1 aromatic carbocycles. The molecule has 0 aliphatic carbocycles. The molecule has 88 valence electrons. The molecule has 0 fully saturated rings. The number of carboxylic acid groups (broad SMARTS) is 1. The lowest BCUT2D eigenvalue weighted by Crippen LogP contribution is -2.14. The molecular formula is C8H7ClFNO4S. The van der Waals surface area contributed by atoms with Gasteiger partial charge in [0.15, 0.2) is 0 Å². The van der Waals surface area contributed by atoms with Gasteiger partial charge >= 0.3 is 5.97 Å². The van der Waals surface area contributed by atoms with Gasteiger partial charge in [-0.25, -0.2) is 17.6 Å². The summed E-state index contributed by atoms with van der Waals surface area (Å²) in [5.41, 5.74) is -0.895. The van der Waals surface area contributed by atoms with Gasteiger partial charge in [-0.3, -0.25) is 4.72 Å². The topological polar surface area (TPSA) is 83.5 Å². The molecule has 0 amide bonds. The Hall–Kier alpha value is -1.34. The van der Waals surface area contributed by atoms with Gasteiger partial charge in [-0.15, -0.1) is 0 Å². The smallest absolute Gasteiger partial charge is 0.337 e. The lowest BCUT2D eigenvalue weighted by molar-refractivity contribution is 0.0698. The molecule has 0 aliphatic heterocycles. The number of rotatable bonds is 3. The molecule has 0 atom stereocenters. The molecule has 16 heavy (non-hydrogen) atoms. The van der Waals surface area contributed by atoms with Crippen LogP contribution in [0.25, 0.3) is 0 Å². The van der Waals surface area contributed by atoms with Crippen LogP contribution in [0.15, 0.2) is 12.1 Å². The predicted octanol–water partition coefficient (Wildman–Crippen LogP) is 1.55. The molecule has 0 unspecified atom stereocenters. The zero-order chi connectivity index (χ0) is 12.5. The highest BCUT2D eigenvalue weighted by Crippen LogP contribution is 2.29. The van der Waals surface area contributed by atoms with Crippen LogP contribution in [-0.2, 0) is 10.0 Å². The Kier molecular flexibility index (Phi) is 3.39. The van der Waals surface area contributed by atoms with Crippen molar-refractivity contribution in [1.29, 1.82) is 0 Å². The van der Waals surface area contributed by atoms with Gasteiger partial charge in [0.25, 0.3) is 0 Å². The predicted molar refractivity (Wildman–Crippen MR) is 56.8 cm³/mol. The highest BCUT2D eigenvalue weighted by Gasteiger charge is 2.19. The molecule has 2 N–H and O–H groups in total. The van der Waals surface area contributed by atoms with Crippen LogP contribution in [0.3, 0.4) is 0 Å². The number of benzene rings is 1. The third-order valence-electron chi connectivity index (χ3n) is 1.61. The van der Waals surface area contributed by atoms with Gasteiger partial charge in [-0.1, -0.05) is 11.6 Å². The molecular weight excluding hydrogens is 261 g/mol. The van der Waals surface area contributed by atoms with Crippen LogP contribution in [0.2, 0.25) is 5.02 Å². The average molecular weight is 268 g/mol. The van der Waals surface area contributed by atoms with E-state index in [4.69, 9.17) is 16.7 Å². The maximum absolute atomic E-state index is 13.0. The zero-order valence-electron chi connectivity index (χ0n) is 7.99. The fraction of sp³-hybridized carbons (Fsp3) is 0.125. The van der Waals surface area contributed by atoms with Crippen LogP contribution < -0.4 is 4.72 Å². The lowest BCUT2D eigenvalue weighted by Gasteiger charge is -2.10. The van der Waals surface area contributed by atoms with Gasteiger partial charge in [-0.05, 0) is 12.1 Å². The van der Waals surface area contributed by atoms with Crippen molar-refractivity contribution in [2.75, 3.05) is 11.0 Å². The summed E-state index contributed by atoms with van der Waals surface area (Å²) < 4.78 is 36.8. The number of aromatic carboxylic acids is 1. The number of carboxylic acids is 1. The van der Waals surface area contributed by atoms with E-state index in [-0.39, 0.29) is 0 Å². The number of sulfonamides is 1. The van der Waals surface area contributed by atoms with E-state index < -0.39 is 38.1 Å². The van der Waals surface area contributed by atoms with Crippen molar-refractivity contribution in [1.82, 2.24) is 0 Å². The summed E-state index contributed by atoms with van der Waals surface area (Å²) in [5.74, 6) is -2.31. The molecule has 0 saturated carbocycles. The average Bonchev–Trinajstić information content (AvgIpc) is 2.10. The third-order valence-corrected chi connectivity index (χ3v) is 2.56. The Balaban J connectivity index is 3.44. The minimum Gasteiger partial charge on any atom is -0.478 e. The molecule has 0 radical (unpaired) electrons. The molecule has 0 saturated heterocycles. The minimum absolute atomic E-state index is 0.420. The highest BCUT2D eigenvalue weighted by molar-refractivity contribution is 7.92. The van der Waals surface area contributed by atoms with E-state index >= 15 is 0 Å². The van der Waals surface area contributed by atoms with E-state index in [1.54, 1.807) is 0 Å². The van der Waals surface area contributed by atoms with Crippen LogP contribution in [0.5, 0.6) is 0 Å². The molecule has 1 aromatic rings. The van der Waals surface area contributed by atoms with Gasteiger partial charge in [0, 0.05) is 0 Å². The molecule has 5 nitrogen and oxygen atoms in total. The fourth-order valence-electron chi connectivity index (χ4n) is 1.01. The number of anilines is 1. The highest BCUT2D eigenvalue weighted by atomic mass is 35.5. The van der Waals surface area contributed by atoms with Crippen molar-refractivity contribution >= 4 is 33.3 Å². The van der Waals surface area contributed by atoms with Crippen molar-refractivity contribution in [3.05, 3.63) is 28.5 Å². The summed E-state index contributed by atoms with van der Waals surface area (Å²) >= 11 is 5.48. The number of hydrogen-bond acceptors (Lipinski definition) is 3. The standard InChI is InChI=1S/C8H7ClFNO4S/c1-16(14,15)11-7-4(8(12)13)2-3-5(10)6(7)9/h2-3,11H,1H3,(H,12,13). The maximum Gasteiger partial charge on any atom is 0.337 e. The molecule has 1 rings (SSSR count). The second-order valence-electron chi connectivity index (χ2n) is 2.96. The van der Waals surface area contributed by atoms with Gasteiger partial charge in [0.1, 0.15) is 10.8 Å². The number of hydrogen-bond donors (Lipinski definition) is 2. The van der Waals surface area contributed by atoms with Crippen LogP contribution in [0.1, 0.15) is 10.4 Å². The summed E-state index contributed by atoms with van der Waals surface area (Å²) in [5, 5.41) is 8.18. The van der Waals surface area contributed by atoms with Crippen LogP contribution in [0, 0.1) is 5.82 Å². The Morgan fingerprint density at radius 2 is 2.06 bits per heavy atom. The molecule has 0 bridgehead atoms. The fourth-order valence-corrected chi connectivity index (χ4v) is 1.86. The van der Waals surface area contributed by atoms with Gasteiger partial charge < -0.3 is 5.11 Å². The van der Waals surface area contributed by atoms with E-state index in [2.05, 4.69) is 0 Å². The first kappa shape index (κ1) is 12.7. The van der Waals surface area contributed by atoms with Crippen molar-refractivity contribution in [3.63, 3.8) is 0 Å². The van der Waals surface area contributed by atoms with Gasteiger partial charge in [0.2, 0.25) is 10.0 Å². The summed E-state index contributed by atoms with van der Waals surface area (Å²) in [6.45, 7) is 0. The minimum atomic E-state index is -3.74. The van der Waals surface area contributed by atoms with Gasteiger partial charge in [0.05, 0.1) is 17.5 Å². The monoisotopic (exact) mass is 267 g/mol. The Bertz CT molecular complexity index is 543. The third kappa shape index (κ3) is 2.83.